The lowest BCUT2D eigenvalue weighted by atomic mass is 10.2. The highest BCUT2D eigenvalue weighted by Gasteiger charge is 2.44. The molecule has 1 atom stereocenters. The maximum atomic E-state index is 12.8. The molecule has 1 heterocycles. The van der Waals surface area contributed by atoms with Crippen LogP contribution in [0.3, 0.4) is 0 Å². The van der Waals surface area contributed by atoms with E-state index in [1.807, 2.05) is 0 Å². The Kier molecular flexibility index (Phi) is 3.72. The molecule has 1 aromatic rings. The van der Waals surface area contributed by atoms with Gasteiger partial charge in [0, 0.05) is 11.1 Å². The molecule has 0 aliphatic rings. The van der Waals surface area contributed by atoms with Crippen LogP contribution < -0.4 is 0 Å². The van der Waals surface area contributed by atoms with Crippen LogP contribution in [-0.2, 0) is 0 Å². The average molecular weight is 238 g/mol. The number of halogens is 3. The van der Waals surface area contributed by atoms with Crippen LogP contribution in [0.4, 0.5) is 13.2 Å². The Morgan fingerprint density at radius 3 is 2.47 bits per heavy atom. The minimum atomic E-state index is -4.27. The summed E-state index contributed by atoms with van der Waals surface area (Å²) >= 11 is 1.09. The van der Waals surface area contributed by atoms with Crippen LogP contribution in [-0.4, -0.2) is 29.7 Å². The molecule has 0 amide bonds. The van der Waals surface area contributed by atoms with Gasteiger partial charge in [-0.2, -0.15) is 13.2 Å². The summed E-state index contributed by atoms with van der Waals surface area (Å²) in [6.45, 7) is 3.78. The Hall–Kier alpha value is -0.620. The van der Waals surface area contributed by atoms with Gasteiger partial charge in [-0.1, -0.05) is 6.92 Å². The Morgan fingerprint density at radius 1 is 1.53 bits per heavy atom. The summed E-state index contributed by atoms with van der Waals surface area (Å²) in [5.41, 5.74) is 0. The molecule has 0 spiro atoms. The molecule has 1 unspecified atom stereocenters. The summed E-state index contributed by atoms with van der Waals surface area (Å²) in [7, 11) is 1.45. The summed E-state index contributed by atoms with van der Waals surface area (Å²) in [5, 5.41) is 0.115. The van der Waals surface area contributed by atoms with Crippen LogP contribution in [0, 0.1) is 6.92 Å². The zero-order chi connectivity index (χ0) is 11.6. The first kappa shape index (κ1) is 12.4. The second-order valence-corrected chi connectivity index (χ2v) is 4.59. The molecule has 1 aromatic heterocycles. The highest BCUT2D eigenvalue weighted by molar-refractivity contribution is 7.11. The van der Waals surface area contributed by atoms with Crippen molar-refractivity contribution in [1.29, 1.82) is 0 Å². The fourth-order valence-corrected chi connectivity index (χ4v) is 2.23. The van der Waals surface area contributed by atoms with Crippen LogP contribution in [0.25, 0.3) is 0 Å². The van der Waals surface area contributed by atoms with E-state index < -0.39 is 12.2 Å². The van der Waals surface area contributed by atoms with E-state index in [0.29, 0.717) is 6.54 Å². The molecule has 0 aliphatic heterocycles. The number of rotatable bonds is 3. The summed E-state index contributed by atoms with van der Waals surface area (Å²) in [5.74, 6) is 0. The van der Waals surface area contributed by atoms with E-state index in [4.69, 9.17) is 0 Å². The van der Waals surface area contributed by atoms with E-state index in [1.165, 1.54) is 18.1 Å². The average Bonchev–Trinajstić information content (AvgIpc) is 2.49. The third-order valence-electron chi connectivity index (χ3n) is 2.12. The maximum absolute atomic E-state index is 12.8. The van der Waals surface area contributed by atoms with Crippen molar-refractivity contribution in [3.8, 4) is 0 Å². The van der Waals surface area contributed by atoms with Gasteiger partial charge < -0.3 is 0 Å². The second kappa shape index (κ2) is 4.49. The Bertz CT molecular complexity index is 321. The van der Waals surface area contributed by atoms with Crippen molar-refractivity contribution in [2.75, 3.05) is 13.6 Å². The molecule has 0 saturated carbocycles. The lowest BCUT2D eigenvalue weighted by Gasteiger charge is -2.26. The second-order valence-electron chi connectivity index (χ2n) is 3.33. The van der Waals surface area contributed by atoms with E-state index in [1.54, 1.807) is 13.8 Å². The van der Waals surface area contributed by atoms with Crippen molar-refractivity contribution in [3.63, 3.8) is 0 Å². The Labute approximate surface area is 90.7 Å². The number of hydrogen-bond acceptors (Lipinski definition) is 3. The first-order valence-corrected chi connectivity index (χ1v) is 5.37. The van der Waals surface area contributed by atoms with Crippen LogP contribution in [0.5, 0.6) is 0 Å². The molecule has 0 saturated heterocycles. The Morgan fingerprint density at radius 2 is 2.13 bits per heavy atom. The van der Waals surface area contributed by atoms with Crippen molar-refractivity contribution in [1.82, 2.24) is 9.88 Å². The molecule has 0 aromatic carbocycles. The van der Waals surface area contributed by atoms with Crippen LogP contribution in [0.1, 0.15) is 22.9 Å². The van der Waals surface area contributed by atoms with Gasteiger partial charge in [-0.15, -0.1) is 11.3 Å². The van der Waals surface area contributed by atoms with E-state index in [-0.39, 0.29) is 5.01 Å². The van der Waals surface area contributed by atoms with Crippen LogP contribution in [0.2, 0.25) is 0 Å². The number of alkyl halides is 3. The SMILES string of the molecule is CCN(C)C(c1ncc(C)s1)C(F)(F)F. The monoisotopic (exact) mass is 238 g/mol. The summed E-state index contributed by atoms with van der Waals surface area (Å²) < 4.78 is 38.3. The number of thiazole rings is 1. The normalized spacial score (nSPS) is 14.6. The number of aryl methyl sites for hydroxylation is 1. The topological polar surface area (TPSA) is 16.1 Å². The van der Waals surface area contributed by atoms with Crippen LogP contribution >= 0.6 is 11.3 Å². The zero-order valence-corrected chi connectivity index (χ0v) is 9.61. The van der Waals surface area contributed by atoms with Crippen molar-refractivity contribution in [2.45, 2.75) is 26.1 Å². The molecular weight excluding hydrogens is 225 g/mol. The van der Waals surface area contributed by atoms with Gasteiger partial charge in [0.15, 0.2) is 6.04 Å². The van der Waals surface area contributed by atoms with Crippen molar-refractivity contribution in [2.24, 2.45) is 0 Å². The molecule has 15 heavy (non-hydrogen) atoms. The fraction of sp³-hybridized carbons (Fsp3) is 0.667. The summed E-state index contributed by atoms with van der Waals surface area (Å²) in [4.78, 5) is 5.85. The summed E-state index contributed by atoms with van der Waals surface area (Å²) in [6.07, 6.45) is -2.79. The molecule has 86 valence electrons. The van der Waals surface area contributed by atoms with Gasteiger partial charge in [0.25, 0.3) is 0 Å². The van der Waals surface area contributed by atoms with Crippen molar-refractivity contribution >= 4 is 11.3 Å². The van der Waals surface area contributed by atoms with Crippen molar-refractivity contribution in [3.05, 3.63) is 16.1 Å². The predicted molar refractivity (Wildman–Crippen MR) is 54.0 cm³/mol. The first-order valence-electron chi connectivity index (χ1n) is 4.55. The fourth-order valence-electron chi connectivity index (χ4n) is 1.26. The molecule has 0 fully saturated rings. The van der Waals surface area contributed by atoms with Gasteiger partial charge >= 0.3 is 6.18 Å². The van der Waals surface area contributed by atoms with Crippen LogP contribution in [0.15, 0.2) is 6.20 Å². The number of nitrogens with zero attached hydrogens (tertiary/aromatic N) is 2. The van der Waals surface area contributed by atoms with E-state index in [2.05, 4.69) is 4.98 Å². The third-order valence-corrected chi connectivity index (χ3v) is 3.09. The molecule has 2 nitrogen and oxygen atoms in total. The molecule has 0 aliphatic carbocycles. The molecule has 6 heteroatoms. The zero-order valence-electron chi connectivity index (χ0n) is 8.80. The molecule has 0 bridgehead atoms. The number of aromatic nitrogens is 1. The minimum absolute atomic E-state index is 0.115. The van der Waals surface area contributed by atoms with E-state index >= 15 is 0 Å². The minimum Gasteiger partial charge on any atom is -0.290 e. The molecular formula is C9H13F3N2S. The predicted octanol–water partition coefficient (Wildman–Crippen LogP) is 3.01. The maximum Gasteiger partial charge on any atom is 0.410 e. The van der Waals surface area contributed by atoms with Gasteiger partial charge in [0.05, 0.1) is 0 Å². The van der Waals surface area contributed by atoms with E-state index in [9.17, 15) is 13.2 Å². The quantitative estimate of drug-likeness (QED) is 0.804. The van der Waals surface area contributed by atoms with Crippen molar-refractivity contribution < 1.29 is 13.2 Å². The molecule has 0 radical (unpaired) electrons. The highest BCUT2D eigenvalue weighted by atomic mass is 32.1. The van der Waals surface area contributed by atoms with Gasteiger partial charge in [-0.25, -0.2) is 4.98 Å². The van der Waals surface area contributed by atoms with Gasteiger partial charge in [-0.05, 0) is 20.5 Å². The largest absolute Gasteiger partial charge is 0.410 e. The van der Waals surface area contributed by atoms with Gasteiger partial charge in [0.1, 0.15) is 5.01 Å². The lowest BCUT2D eigenvalue weighted by Crippen LogP contribution is -2.35. The summed E-state index contributed by atoms with van der Waals surface area (Å²) in [6, 6.07) is -1.58. The molecule has 1 rings (SSSR count). The highest BCUT2D eigenvalue weighted by Crippen LogP contribution is 2.38. The van der Waals surface area contributed by atoms with E-state index in [0.717, 1.165) is 16.2 Å². The number of hydrogen-bond donors (Lipinski definition) is 0. The lowest BCUT2D eigenvalue weighted by molar-refractivity contribution is -0.182. The third kappa shape index (κ3) is 2.92. The van der Waals surface area contributed by atoms with Gasteiger partial charge in [0.2, 0.25) is 0 Å². The molecule has 0 N–H and O–H groups in total. The smallest absolute Gasteiger partial charge is 0.290 e. The standard InChI is InChI=1S/C9H13F3N2S/c1-4-14(3)7(9(10,11)12)8-13-5-6(2)15-8/h5,7H,4H2,1-3H3. The first-order chi connectivity index (χ1) is 6.86. The Balaban J connectivity index is 3.01. The van der Waals surface area contributed by atoms with Gasteiger partial charge in [-0.3, -0.25) is 4.90 Å².